The average Bonchev–Trinajstić information content (AvgIpc) is 3.37. The van der Waals surface area contributed by atoms with Crippen LogP contribution >= 0.6 is 11.3 Å². The summed E-state index contributed by atoms with van der Waals surface area (Å²) < 4.78 is 6.38. The van der Waals surface area contributed by atoms with Crippen molar-refractivity contribution in [2.45, 2.75) is 77.2 Å². The molecule has 1 aromatic carbocycles. The van der Waals surface area contributed by atoms with Gasteiger partial charge in [-0.25, -0.2) is 0 Å². The van der Waals surface area contributed by atoms with Gasteiger partial charge in [-0.15, -0.1) is 11.3 Å². The number of nitrogens with zero attached hydrogens (tertiary/aromatic N) is 3. The number of hydrogen-bond acceptors (Lipinski definition) is 2. The number of thiophene rings is 1. The second-order valence-electron chi connectivity index (χ2n) is 12.5. The lowest BCUT2D eigenvalue weighted by atomic mass is 9.78. The molecule has 8 rings (SSSR count). The van der Waals surface area contributed by atoms with E-state index in [9.17, 15) is 0 Å². The van der Waals surface area contributed by atoms with Crippen LogP contribution in [0.3, 0.4) is 0 Å². The molecule has 3 nitrogen and oxygen atoms in total. The highest BCUT2D eigenvalue weighted by Gasteiger charge is 2.41. The minimum atomic E-state index is 0.297. The van der Waals surface area contributed by atoms with Crippen molar-refractivity contribution in [3.8, 4) is 22.5 Å². The molecule has 0 amide bonds. The fourth-order valence-electron chi connectivity index (χ4n) is 7.78. The maximum absolute atomic E-state index is 5.37. The van der Waals surface area contributed by atoms with E-state index in [1.54, 1.807) is 10.4 Å². The summed E-state index contributed by atoms with van der Waals surface area (Å²) in [5, 5.41) is 1.39. The fraction of sp³-hybridized carbons (Fsp3) is 0.324. The molecule has 41 heavy (non-hydrogen) atoms. The van der Waals surface area contributed by atoms with E-state index in [0.717, 1.165) is 12.8 Å². The Kier molecular flexibility index (Phi) is 5.96. The Bertz CT molecular complexity index is 1860. The van der Waals surface area contributed by atoms with Crippen molar-refractivity contribution < 1.29 is 9.13 Å². The van der Waals surface area contributed by atoms with Crippen LogP contribution in [0.25, 0.3) is 38.8 Å². The van der Waals surface area contributed by atoms with E-state index in [-0.39, 0.29) is 0 Å². The Labute approximate surface area is 246 Å². The summed E-state index contributed by atoms with van der Waals surface area (Å²) in [6.07, 6.45) is 18.5. The third kappa shape index (κ3) is 3.94. The lowest BCUT2D eigenvalue weighted by Crippen LogP contribution is -2.48. The number of benzene rings is 1. The quantitative estimate of drug-likeness (QED) is 0.191. The van der Waals surface area contributed by atoms with Gasteiger partial charge in [0.25, 0.3) is 0 Å². The predicted molar refractivity (Wildman–Crippen MR) is 168 cm³/mol. The van der Waals surface area contributed by atoms with E-state index in [1.165, 1.54) is 80.7 Å². The minimum absolute atomic E-state index is 0.297. The molecule has 0 saturated heterocycles. The molecule has 1 aliphatic carbocycles. The van der Waals surface area contributed by atoms with Crippen molar-refractivity contribution in [1.82, 2.24) is 4.98 Å². The third-order valence-electron chi connectivity index (χ3n) is 9.72. The maximum Gasteiger partial charge on any atom is 0.221 e. The van der Waals surface area contributed by atoms with Gasteiger partial charge >= 0.3 is 0 Å². The van der Waals surface area contributed by atoms with E-state index in [0.29, 0.717) is 17.9 Å². The largest absolute Gasteiger partial charge is 0.259 e. The SMILES string of the molecule is Cc1c[n+]2c(cc1C(C)C)-c1c(ncc3c4c(sc13)CCCC4)CC1C(CC=C2)c2ccccc2-c2cccc[n+]21. The van der Waals surface area contributed by atoms with Crippen LogP contribution in [0.1, 0.15) is 83.8 Å². The van der Waals surface area contributed by atoms with Gasteiger partial charge in [0.1, 0.15) is 0 Å². The van der Waals surface area contributed by atoms with Crippen LogP contribution in [0.2, 0.25) is 0 Å². The van der Waals surface area contributed by atoms with E-state index in [2.05, 4.69) is 109 Å². The van der Waals surface area contributed by atoms with Crippen LogP contribution in [-0.2, 0) is 19.3 Å². The van der Waals surface area contributed by atoms with Gasteiger partial charge in [0.15, 0.2) is 24.6 Å². The first-order chi connectivity index (χ1) is 20.1. The molecule has 0 saturated carbocycles. The van der Waals surface area contributed by atoms with Crippen molar-refractivity contribution in [3.05, 3.63) is 106 Å². The minimum Gasteiger partial charge on any atom is -0.259 e. The second kappa shape index (κ2) is 9.73. The van der Waals surface area contributed by atoms with Crippen LogP contribution < -0.4 is 9.13 Å². The van der Waals surface area contributed by atoms with Crippen molar-refractivity contribution in [2.24, 2.45) is 0 Å². The van der Waals surface area contributed by atoms with Gasteiger partial charge in [-0.2, -0.15) is 9.13 Å². The molecule has 4 heteroatoms. The monoisotopic (exact) mass is 555 g/mol. The van der Waals surface area contributed by atoms with E-state index in [4.69, 9.17) is 4.98 Å². The Morgan fingerprint density at radius 1 is 1.00 bits per heavy atom. The van der Waals surface area contributed by atoms with Crippen molar-refractivity contribution in [3.63, 3.8) is 0 Å². The van der Waals surface area contributed by atoms with Crippen molar-refractivity contribution in [2.75, 3.05) is 0 Å². The summed E-state index contributed by atoms with van der Waals surface area (Å²) in [7, 11) is 0. The number of allylic oxidation sites excluding steroid dienone is 1. The highest BCUT2D eigenvalue weighted by Crippen LogP contribution is 2.46. The van der Waals surface area contributed by atoms with Gasteiger partial charge in [0.2, 0.25) is 11.4 Å². The Hall–Kier alpha value is -3.63. The van der Waals surface area contributed by atoms with Crippen LogP contribution in [-0.4, -0.2) is 4.98 Å². The lowest BCUT2D eigenvalue weighted by molar-refractivity contribution is -0.718. The molecule has 204 valence electrons. The van der Waals surface area contributed by atoms with Crippen LogP contribution in [0, 0.1) is 6.92 Å². The number of hydrogen-bond donors (Lipinski definition) is 0. The molecule has 0 spiro atoms. The van der Waals surface area contributed by atoms with Gasteiger partial charge in [-0.1, -0.05) is 32.0 Å². The van der Waals surface area contributed by atoms with Gasteiger partial charge in [-0.3, -0.25) is 4.98 Å². The highest BCUT2D eigenvalue weighted by molar-refractivity contribution is 7.19. The molecule has 0 bridgehead atoms. The summed E-state index contributed by atoms with van der Waals surface area (Å²) in [6.45, 7) is 6.90. The third-order valence-corrected chi connectivity index (χ3v) is 11.0. The lowest BCUT2D eigenvalue weighted by Gasteiger charge is -2.30. The smallest absolute Gasteiger partial charge is 0.221 e. The van der Waals surface area contributed by atoms with E-state index >= 15 is 0 Å². The fourth-order valence-corrected chi connectivity index (χ4v) is 9.21. The average molecular weight is 556 g/mol. The van der Waals surface area contributed by atoms with Crippen molar-refractivity contribution in [1.29, 1.82) is 0 Å². The van der Waals surface area contributed by atoms with Crippen LogP contribution in [0.4, 0.5) is 0 Å². The van der Waals surface area contributed by atoms with Gasteiger partial charge in [0.05, 0.1) is 28.3 Å². The number of fused-ring (bicyclic) bond motifs is 13. The highest BCUT2D eigenvalue weighted by atomic mass is 32.1. The number of aryl methyl sites for hydroxylation is 3. The standard InChI is InChI=1S/C37H37N3S/c1-23(2)29-19-34-36-31(38-21-30-28-13-6-7-16-35(28)41-37(30)36)20-33-27(14-10-17-39(34)22-24(29)3)25-11-4-5-12-26(25)32-15-8-9-18-40(32)33/h4-5,8-12,15,17-19,21-23,27,33H,6-7,13-14,16,20H2,1-3H3/q+2. The zero-order valence-electron chi connectivity index (χ0n) is 24.2. The molecule has 0 N–H and O–H groups in total. The Morgan fingerprint density at radius 2 is 1.85 bits per heavy atom. The normalized spacial score (nSPS) is 19.1. The molecule has 2 aliphatic heterocycles. The molecule has 3 aliphatic rings. The molecule has 4 aromatic heterocycles. The molecular weight excluding hydrogens is 518 g/mol. The summed E-state index contributed by atoms with van der Waals surface area (Å²) >= 11 is 2.04. The molecule has 2 unspecified atom stereocenters. The first-order valence-corrected chi connectivity index (χ1v) is 16.1. The van der Waals surface area contributed by atoms with Crippen LogP contribution in [0.5, 0.6) is 0 Å². The van der Waals surface area contributed by atoms with Gasteiger partial charge < -0.3 is 0 Å². The Balaban J connectivity index is 1.43. The van der Waals surface area contributed by atoms with Crippen LogP contribution in [0.15, 0.2) is 73.2 Å². The second-order valence-corrected chi connectivity index (χ2v) is 13.6. The topological polar surface area (TPSA) is 20.6 Å². The molecule has 5 aromatic rings. The summed E-state index contributed by atoms with van der Waals surface area (Å²) in [5.41, 5.74) is 12.3. The van der Waals surface area contributed by atoms with Crippen molar-refractivity contribution >= 4 is 27.6 Å². The first kappa shape index (κ1) is 25.1. The first-order valence-electron chi connectivity index (χ1n) is 15.3. The van der Waals surface area contributed by atoms with E-state index in [1.807, 2.05) is 11.3 Å². The number of rotatable bonds is 1. The Morgan fingerprint density at radius 3 is 2.76 bits per heavy atom. The summed E-state index contributed by atoms with van der Waals surface area (Å²) in [6, 6.07) is 18.5. The zero-order chi connectivity index (χ0) is 27.7. The zero-order valence-corrected chi connectivity index (χ0v) is 25.0. The summed E-state index contributed by atoms with van der Waals surface area (Å²) in [4.78, 5) is 6.96. The van der Waals surface area contributed by atoms with E-state index < -0.39 is 0 Å². The van der Waals surface area contributed by atoms with Gasteiger partial charge in [0, 0.05) is 45.8 Å². The molecule has 2 atom stereocenters. The molecule has 0 radical (unpaired) electrons. The number of aromatic nitrogens is 3. The number of pyridine rings is 3. The predicted octanol–water partition coefficient (Wildman–Crippen LogP) is 8.27. The maximum atomic E-state index is 5.37. The van der Waals surface area contributed by atoms with Gasteiger partial charge in [-0.05, 0) is 79.8 Å². The molecule has 0 fully saturated rings. The summed E-state index contributed by atoms with van der Waals surface area (Å²) in [5.74, 6) is 0.844. The molecular formula is C37H37N3S+2. The molecule has 6 heterocycles.